The van der Waals surface area contributed by atoms with E-state index in [0.717, 1.165) is 18.7 Å². The molecular weight excluding hydrogens is 486 g/mol. The molecule has 2 amide bonds. The molecule has 0 N–H and O–H groups in total. The van der Waals surface area contributed by atoms with Crippen LogP contribution < -0.4 is 0 Å². The van der Waals surface area contributed by atoms with Crippen LogP contribution in [0.4, 0.5) is 0 Å². The predicted octanol–water partition coefficient (Wildman–Crippen LogP) is 4.44. The second-order valence-corrected chi connectivity index (χ2v) is 9.69. The Balaban J connectivity index is 1.22. The third-order valence-electron chi connectivity index (χ3n) is 7.14. The lowest BCUT2D eigenvalue weighted by Crippen LogP contribution is -2.50. The van der Waals surface area contributed by atoms with Gasteiger partial charge in [-0.25, -0.2) is 4.98 Å². The summed E-state index contributed by atoms with van der Waals surface area (Å²) < 4.78 is 0. The lowest BCUT2D eigenvalue weighted by molar-refractivity contribution is -0.133. The Kier molecular flexibility index (Phi) is 8.71. The maximum atomic E-state index is 13.3. The molecule has 1 aliphatic heterocycles. The Bertz CT molecular complexity index is 1290. The number of nitrogens with zero attached hydrogens (tertiary/aromatic N) is 5. The molecule has 1 aromatic heterocycles. The van der Waals surface area contributed by atoms with Crippen LogP contribution in [0.5, 0.6) is 0 Å². The molecule has 0 saturated carbocycles. The highest BCUT2D eigenvalue weighted by Crippen LogP contribution is 2.29. The molecule has 0 atom stereocenters. The molecule has 1 fully saturated rings. The maximum absolute atomic E-state index is 13.3. The van der Waals surface area contributed by atoms with E-state index in [1.54, 1.807) is 11.1 Å². The monoisotopic (exact) mass is 519 g/mol. The van der Waals surface area contributed by atoms with Crippen molar-refractivity contribution in [2.24, 2.45) is 0 Å². The van der Waals surface area contributed by atoms with Gasteiger partial charge < -0.3 is 9.80 Å². The Morgan fingerprint density at radius 2 is 1.36 bits per heavy atom. The Hall–Kier alpha value is -4.36. The summed E-state index contributed by atoms with van der Waals surface area (Å²) in [7, 11) is 0. The average Bonchev–Trinajstić information content (AvgIpc) is 3.01. The van der Waals surface area contributed by atoms with Crippen LogP contribution in [-0.2, 0) is 11.3 Å². The highest BCUT2D eigenvalue weighted by atomic mass is 16.2. The first-order chi connectivity index (χ1) is 19.2. The molecule has 7 nitrogen and oxygen atoms in total. The molecule has 0 unspecified atom stereocenters. The van der Waals surface area contributed by atoms with Gasteiger partial charge in [0.15, 0.2) is 0 Å². The van der Waals surface area contributed by atoms with Gasteiger partial charge >= 0.3 is 0 Å². The molecular formula is C32H33N5O2. The number of carbonyl (C=O) groups excluding carboxylic acids is 2. The summed E-state index contributed by atoms with van der Waals surface area (Å²) in [6.07, 6.45) is 4.79. The Morgan fingerprint density at radius 1 is 0.769 bits per heavy atom. The van der Waals surface area contributed by atoms with Gasteiger partial charge in [0.25, 0.3) is 5.91 Å². The molecule has 0 bridgehead atoms. The fourth-order valence-electron chi connectivity index (χ4n) is 5.13. The van der Waals surface area contributed by atoms with Gasteiger partial charge in [0.2, 0.25) is 5.91 Å². The lowest BCUT2D eigenvalue weighted by atomic mass is 9.96. The van der Waals surface area contributed by atoms with Gasteiger partial charge in [-0.2, -0.15) is 0 Å². The van der Waals surface area contributed by atoms with Gasteiger partial charge in [0, 0.05) is 58.1 Å². The van der Waals surface area contributed by atoms with E-state index in [1.807, 2.05) is 47.4 Å². The van der Waals surface area contributed by atoms with Gasteiger partial charge in [-0.05, 0) is 16.7 Å². The van der Waals surface area contributed by atoms with E-state index in [0.29, 0.717) is 26.2 Å². The van der Waals surface area contributed by atoms with E-state index in [4.69, 9.17) is 0 Å². The summed E-state index contributed by atoms with van der Waals surface area (Å²) in [6.45, 7) is 3.61. The van der Waals surface area contributed by atoms with Crippen LogP contribution in [0.15, 0.2) is 110 Å². The first-order valence-corrected chi connectivity index (χ1v) is 13.4. The summed E-state index contributed by atoms with van der Waals surface area (Å²) in [5.41, 5.74) is 3.79. The van der Waals surface area contributed by atoms with Crippen LogP contribution >= 0.6 is 0 Å². The van der Waals surface area contributed by atoms with E-state index in [1.165, 1.54) is 23.5 Å². The van der Waals surface area contributed by atoms with Gasteiger partial charge in [-0.3, -0.25) is 19.5 Å². The standard InChI is InChI=1S/C32H33N5O2/c38-30(16-19-37(25-26-10-4-1-5-11-26)32(39)29-24-33-17-18-34-29)35-20-22-36(23-21-35)31(27-12-6-2-7-13-27)28-14-8-3-9-15-28/h1-15,17-18,24,31H,16,19-23,25H2. The SMILES string of the molecule is O=C(CCN(Cc1ccccc1)C(=O)c1cnccn1)N1CCN(C(c2ccccc2)c2ccccc2)CC1. The van der Waals surface area contributed by atoms with Crippen molar-refractivity contribution in [2.45, 2.75) is 19.0 Å². The number of amides is 2. The minimum Gasteiger partial charge on any atom is -0.340 e. The molecule has 0 aliphatic carbocycles. The van der Waals surface area contributed by atoms with Crippen molar-refractivity contribution in [3.8, 4) is 0 Å². The topological polar surface area (TPSA) is 69.6 Å². The highest BCUT2D eigenvalue weighted by Gasteiger charge is 2.28. The lowest BCUT2D eigenvalue weighted by Gasteiger charge is -2.40. The summed E-state index contributed by atoms with van der Waals surface area (Å²) in [5.74, 6) is -0.159. The molecule has 1 aliphatic rings. The first kappa shape index (κ1) is 26.3. The molecule has 0 spiro atoms. The zero-order valence-electron chi connectivity index (χ0n) is 22.0. The molecule has 198 valence electrons. The fourth-order valence-corrected chi connectivity index (χ4v) is 5.13. The Labute approximate surface area is 229 Å². The minimum absolute atomic E-state index is 0.0654. The zero-order valence-corrected chi connectivity index (χ0v) is 22.0. The number of rotatable bonds is 9. The number of hydrogen-bond donors (Lipinski definition) is 0. The zero-order chi connectivity index (χ0) is 26.9. The normalized spacial score (nSPS) is 13.8. The van der Waals surface area contributed by atoms with E-state index in [9.17, 15) is 9.59 Å². The van der Waals surface area contributed by atoms with Crippen molar-refractivity contribution in [2.75, 3.05) is 32.7 Å². The molecule has 4 aromatic rings. The van der Waals surface area contributed by atoms with Crippen LogP contribution in [0.2, 0.25) is 0 Å². The third kappa shape index (κ3) is 6.75. The number of carbonyl (C=O) groups is 2. The van der Waals surface area contributed by atoms with Crippen LogP contribution in [0.3, 0.4) is 0 Å². The maximum Gasteiger partial charge on any atom is 0.274 e. The Morgan fingerprint density at radius 3 is 1.92 bits per heavy atom. The second kappa shape index (κ2) is 12.9. The molecule has 5 rings (SSSR count). The van der Waals surface area contributed by atoms with Gasteiger partial charge in [0.05, 0.1) is 12.2 Å². The van der Waals surface area contributed by atoms with Crippen molar-refractivity contribution >= 4 is 11.8 Å². The van der Waals surface area contributed by atoms with Crippen molar-refractivity contribution < 1.29 is 9.59 Å². The number of piperazine rings is 1. The van der Waals surface area contributed by atoms with Crippen LogP contribution in [0, 0.1) is 0 Å². The molecule has 0 radical (unpaired) electrons. The summed E-state index contributed by atoms with van der Waals surface area (Å²) in [6, 6.07) is 31.0. The van der Waals surface area contributed by atoms with Crippen LogP contribution in [0.25, 0.3) is 0 Å². The average molecular weight is 520 g/mol. The van der Waals surface area contributed by atoms with Crippen molar-refractivity contribution in [3.05, 3.63) is 132 Å². The van der Waals surface area contributed by atoms with Gasteiger partial charge in [0.1, 0.15) is 5.69 Å². The van der Waals surface area contributed by atoms with E-state index in [-0.39, 0.29) is 30.0 Å². The van der Waals surface area contributed by atoms with Crippen molar-refractivity contribution in [1.29, 1.82) is 0 Å². The first-order valence-electron chi connectivity index (χ1n) is 13.4. The highest BCUT2D eigenvalue weighted by molar-refractivity contribution is 5.92. The van der Waals surface area contributed by atoms with Crippen LogP contribution in [0.1, 0.15) is 39.6 Å². The van der Waals surface area contributed by atoms with E-state index in [2.05, 4.69) is 63.4 Å². The van der Waals surface area contributed by atoms with Crippen molar-refractivity contribution in [3.63, 3.8) is 0 Å². The minimum atomic E-state index is -0.224. The van der Waals surface area contributed by atoms with Gasteiger partial charge in [-0.15, -0.1) is 0 Å². The fraction of sp³-hybridized carbons (Fsp3) is 0.250. The van der Waals surface area contributed by atoms with E-state index >= 15 is 0 Å². The van der Waals surface area contributed by atoms with Crippen molar-refractivity contribution in [1.82, 2.24) is 24.7 Å². The molecule has 7 heteroatoms. The number of aromatic nitrogens is 2. The van der Waals surface area contributed by atoms with Gasteiger partial charge in [-0.1, -0.05) is 91.0 Å². The quantitative estimate of drug-likeness (QED) is 0.327. The molecule has 1 saturated heterocycles. The smallest absolute Gasteiger partial charge is 0.274 e. The van der Waals surface area contributed by atoms with E-state index < -0.39 is 0 Å². The number of benzene rings is 3. The third-order valence-corrected chi connectivity index (χ3v) is 7.14. The molecule has 3 aromatic carbocycles. The summed E-state index contributed by atoms with van der Waals surface area (Å²) >= 11 is 0. The molecule has 2 heterocycles. The van der Waals surface area contributed by atoms with Crippen LogP contribution in [-0.4, -0.2) is 69.2 Å². The molecule has 39 heavy (non-hydrogen) atoms. The summed E-state index contributed by atoms with van der Waals surface area (Å²) in [4.78, 5) is 40.8. The largest absolute Gasteiger partial charge is 0.340 e. The second-order valence-electron chi connectivity index (χ2n) is 9.69. The number of hydrogen-bond acceptors (Lipinski definition) is 5. The summed E-state index contributed by atoms with van der Waals surface area (Å²) in [5, 5.41) is 0. The predicted molar refractivity (Wildman–Crippen MR) is 151 cm³/mol.